The molecule has 4 atom stereocenters. The van der Waals surface area contributed by atoms with Gasteiger partial charge in [0.1, 0.15) is 12.2 Å². The predicted octanol–water partition coefficient (Wildman–Crippen LogP) is 2.00. The molecule has 11 nitrogen and oxygen atoms in total. The van der Waals surface area contributed by atoms with E-state index in [1.807, 2.05) is 36.4 Å². The summed E-state index contributed by atoms with van der Waals surface area (Å²) < 4.78 is 1.76. The van der Waals surface area contributed by atoms with Gasteiger partial charge in [-0.25, -0.2) is 4.98 Å². The highest BCUT2D eigenvalue weighted by atomic mass is 16.3. The monoisotopic (exact) mass is 544 g/mol. The van der Waals surface area contributed by atoms with Gasteiger partial charge in [0.2, 0.25) is 11.9 Å². The summed E-state index contributed by atoms with van der Waals surface area (Å²) in [5.74, 6) is 0.802. The summed E-state index contributed by atoms with van der Waals surface area (Å²) in [6, 6.07) is 19.5. The summed E-state index contributed by atoms with van der Waals surface area (Å²) in [6.07, 6.45) is 0.0237. The van der Waals surface area contributed by atoms with Gasteiger partial charge >= 0.3 is 0 Å². The third kappa shape index (κ3) is 5.76. The van der Waals surface area contributed by atoms with E-state index in [4.69, 9.17) is 10.7 Å². The number of aliphatic hydroxyl groups excluding tert-OH is 2. The third-order valence-electron chi connectivity index (χ3n) is 7.40. The number of carbonyl (C=O) groups excluding carboxylic acids is 1. The van der Waals surface area contributed by atoms with Crippen molar-refractivity contribution >= 4 is 28.8 Å². The number of nitrogens with two attached hydrogens (primary N) is 1. The Hall–Kier alpha value is -4.06. The molecule has 1 aliphatic rings. The van der Waals surface area contributed by atoms with E-state index >= 15 is 0 Å². The molecular weight excluding hydrogens is 508 g/mol. The van der Waals surface area contributed by atoms with Gasteiger partial charge in [0, 0.05) is 32.0 Å². The summed E-state index contributed by atoms with van der Waals surface area (Å²) in [5, 5.41) is 31.0. The lowest BCUT2D eigenvalue weighted by molar-refractivity contribution is -0.122. The van der Waals surface area contributed by atoms with Crippen LogP contribution in [0.2, 0.25) is 0 Å². The van der Waals surface area contributed by atoms with Crippen LogP contribution in [0.25, 0.3) is 11.2 Å². The highest BCUT2D eigenvalue weighted by Gasteiger charge is 2.43. The highest BCUT2D eigenvalue weighted by molar-refractivity contribution is 5.84. The minimum absolute atomic E-state index is 0.0599. The van der Waals surface area contributed by atoms with E-state index in [0.717, 1.165) is 0 Å². The van der Waals surface area contributed by atoms with Gasteiger partial charge < -0.3 is 36.5 Å². The summed E-state index contributed by atoms with van der Waals surface area (Å²) in [7, 11) is 0. The van der Waals surface area contributed by atoms with Crippen LogP contribution in [0.3, 0.4) is 0 Å². The van der Waals surface area contributed by atoms with Gasteiger partial charge in [0.25, 0.3) is 0 Å². The molecule has 2 aromatic heterocycles. The lowest BCUT2D eigenvalue weighted by Crippen LogP contribution is -2.42. The number of amides is 1. The van der Waals surface area contributed by atoms with Gasteiger partial charge in [0.15, 0.2) is 17.0 Å². The van der Waals surface area contributed by atoms with Crippen molar-refractivity contribution in [3.05, 3.63) is 78.1 Å². The van der Waals surface area contributed by atoms with Crippen LogP contribution in [0.5, 0.6) is 0 Å². The smallest absolute Gasteiger partial charge is 0.226 e. The van der Waals surface area contributed by atoms with E-state index in [9.17, 15) is 15.0 Å². The number of nitrogens with zero attached hydrogens (tertiary/aromatic N) is 4. The summed E-state index contributed by atoms with van der Waals surface area (Å²) in [4.78, 5) is 26.0. The number of fused-ring (bicyclic) bond motifs is 1. The second-order valence-corrected chi connectivity index (χ2v) is 10.0. The minimum Gasteiger partial charge on any atom is -0.388 e. The zero-order valence-corrected chi connectivity index (χ0v) is 22.4. The van der Waals surface area contributed by atoms with E-state index in [1.54, 1.807) is 17.8 Å². The molecule has 0 aliphatic heterocycles. The Morgan fingerprint density at radius 1 is 1.02 bits per heavy atom. The summed E-state index contributed by atoms with van der Waals surface area (Å²) in [6.45, 7) is 3.18. The Morgan fingerprint density at radius 3 is 2.33 bits per heavy atom. The van der Waals surface area contributed by atoms with Crippen molar-refractivity contribution in [2.75, 3.05) is 30.3 Å². The van der Waals surface area contributed by atoms with Crippen LogP contribution in [-0.4, -0.2) is 73.5 Å². The van der Waals surface area contributed by atoms with E-state index in [-0.39, 0.29) is 11.8 Å². The van der Waals surface area contributed by atoms with Crippen LogP contribution in [-0.2, 0) is 4.79 Å². The SMILES string of the molecule is CCC(=O)N[C@H]1C[C@@H](n2cnc3c(NCC(c4ccccc4)c4ccccc4)nc(NCCN)nc32)[C@H](O)[C@@H]1O. The second-order valence-electron chi connectivity index (χ2n) is 10.0. The van der Waals surface area contributed by atoms with Crippen molar-refractivity contribution in [2.45, 2.75) is 50.0 Å². The molecule has 1 fully saturated rings. The molecule has 1 amide bonds. The van der Waals surface area contributed by atoms with E-state index in [1.165, 1.54) is 11.1 Å². The van der Waals surface area contributed by atoms with Gasteiger partial charge in [-0.3, -0.25) is 4.79 Å². The first kappa shape index (κ1) is 27.5. The average Bonchev–Trinajstić information content (AvgIpc) is 3.53. The van der Waals surface area contributed by atoms with E-state index in [0.29, 0.717) is 55.4 Å². The molecule has 1 aliphatic carbocycles. The molecule has 7 N–H and O–H groups in total. The molecule has 2 aromatic carbocycles. The summed E-state index contributed by atoms with van der Waals surface area (Å²) >= 11 is 0. The molecule has 4 aromatic rings. The summed E-state index contributed by atoms with van der Waals surface area (Å²) in [5.41, 5.74) is 9.10. The van der Waals surface area contributed by atoms with E-state index in [2.05, 4.69) is 50.2 Å². The van der Waals surface area contributed by atoms with Gasteiger partial charge in [-0.1, -0.05) is 67.6 Å². The Balaban J connectivity index is 1.48. The zero-order chi connectivity index (χ0) is 28.1. The number of rotatable bonds is 11. The van der Waals surface area contributed by atoms with Crippen molar-refractivity contribution in [1.82, 2.24) is 24.8 Å². The molecule has 11 heteroatoms. The number of carbonyl (C=O) groups is 1. The Morgan fingerprint density at radius 2 is 1.70 bits per heavy atom. The average molecular weight is 545 g/mol. The molecule has 0 radical (unpaired) electrons. The molecule has 0 saturated heterocycles. The third-order valence-corrected chi connectivity index (χ3v) is 7.40. The molecule has 2 heterocycles. The predicted molar refractivity (Wildman–Crippen MR) is 154 cm³/mol. The molecule has 0 unspecified atom stereocenters. The van der Waals surface area contributed by atoms with Gasteiger partial charge in [-0.15, -0.1) is 0 Å². The normalized spacial score (nSPS) is 20.6. The number of aromatic nitrogens is 4. The van der Waals surface area contributed by atoms with Gasteiger partial charge in [0.05, 0.1) is 18.4 Å². The number of anilines is 2. The number of imidazole rings is 1. The molecular formula is C29H36N8O3. The van der Waals surface area contributed by atoms with Crippen molar-refractivity contribution in [3.8, 4) is 0 Å². The fourth-order valence-electron chi connectivity index (χ4n) is 5.28. The highest BCUT2D eigenvalue weighted by Crippen LogP contribution is 2.35. The van der Waals surface area contributed by atoms with Crippen LogP contribution in [0.15, 0.2) is 67.0 Å². The van der Waals surface area contributed by atoms with Crippen LogP contribution in [0.4, 0.5) is 11.8 Å². The molecule has 1 saturated carbocycles. The maximum Gasteiger partial charge on any atom is 0.226 e. The van der Waals surface area contributed by atoms with E-state index < -0.39 is 24.3 Å². The molecule has 210 valence electrons. The molecule has 0 bridgehead atoms. The van der Waals surface area contributed by atoms with Crippen molar-refractivity contribution < 1.29 is 15.0 Å². The maximum absolute atomic E-state index is 12.0. The van der Waals surface area contributed by atoms with Crippen molar-refractivity contribution in [1.29, 1.82) is 0 Å². The number of benzene rings is 2. The molecule has 40 heavy (non-hydrogen) atoms. The zero-order valence-electron chi connectivity index (χ0n) is 22.4. The number of aliphatic hydroxyl groups is 2. The lowest BCUT2D eigenvalue weighted by atomic mass is 9.91. The largest absolute Gasteiger partial charge is 0.388 e. The Kier molecular flexibility index (Phi) is 8.54. The first-order valence-corrected chi connectivity index (χ1v) is 13.7. The van der Waals surface area contributed by atoms with Gasteiger partial charge in [-0.2, -0.15) is 9.97 Å². The Bertz CT molecular complexity index is 1380. The number of nitrogens with one attached hydrogen (secondary N) is 3. The van der Waals surface area contributed by atoms with Crippen molar-refractivity contribution in [3.63, 3.8) is 0 Å². The first-order valence-electron chi connectivity index (χ1n) is 13.7. The second kappa shape index (κ2) is 12.4. The maximum atomic E-state index is 12.0. The lowest BCUT2D eigenvalue weighted by Gasteiger charge is -2.20. The molecule has 5 rings (SSSR count). The van der Waals surface area contributed by atoms with Crippen LogP contribution < -0.4 is 21.7 Å². The van der Waals surface area contributed by atoms with Crippen LogP contribution >= 0.6 is 0 Å². The topological polar surface area (TPSA) is 163 Å². The van der Waals surface area contributed by atoms with Gasteiger partial charge in [-0.05, 0) is 17.5 Å². The number of hydrogen-bond donors (Lipinski definition) is 6. The molecule has 0 spiro atoms. The first-order chi connectivity index (χ1) is 19.5. The van der Waals surface area contributed by atoms with Crippen LogP contribution in [0.1, 0.15) is 42.9 Å². The van der Waals surface area contributed by atoms with Crippen molar-refractivity contribution in [2.24, 2.45) is 5.73 Å². The fourth-order valence-corrected chi connectivity index (χ4v) is 5.28. The Labute approximate surface area is 232 Å². The minimum atomic E-state index is -1.11. The number of hydrogen-bond acceptors (Lipinski definition) is 9. The fraction of sp³-hybridized carbons (Fsp3) is 0.379. The standard InChI is InChI=1S/C29H36N8O3/c1-2-23(38)34-21-15-22(26(40)25(21)39)37-17-33-24-27(35-29(31-14-13-30)36-28(24)37)32-16-20(18-9-5-3-6-10-18)19-11-7-4-8-12-19/h3-12,17,20-22,25-26,39-40H,2,13-16,30H2,1H3,(H,34,38)(H2,31,32,35,36)/t21-,22+,25+,26-/m0/s1. The van der Waals surface area contributed by atoms with Crippen LogP contribution in [0, 0.1) is 0 Å². The quantitative estimate of drug-likeness (QED) is 0.166.